The van der Waals surface area contributed by atoms with Crippen molar-refractivity contribution < 1.29 is 4.39 Å². The van der Waals surface area contributed by atoms with Gasteiger partial charge in [0, 0.05) is 15.3 Å². The van der Waals surface area contributed by atoms with Gasteiger partial charge < -0.3 is 5.32 Å². The summed E-state index contributed by atoms with van der Waals surface area (Å²) in [6, 6.07) is 15.7. The van der Waals surface area contributed by atoms with Crippen LogP contribution in [0.4, 0.5) is 10.1 Å². The maximum atomic E-state index is 13.0. The Morgan fingerprint density at radius 1 is 1.16 bits per heavy atom. The van der Waals surface area contributed by atoms with Crippen LogP contribution < -0.4 is 5.32 Å². The van der Waals surface area contributed by atoms with Crippen molar-refractivity contribution in [1.82, 2.24) is 0 Å². The molecule has 0 saturated heterocycles. The first-order chi connectivity index (χ1) is 9.15. The van der Waals surface area contributed by atoms with Crippen LogP contribution in [-0.2, 0) is 6.42 Å². The number of hydrogen-bond acceptors (Lipinski definition) is 1. The van der Waals surface area contributed by atoms with Gasteiger partial charge in [-0.05, 0) is 66.1 Å². The van der Waals surface area contributed by atoms with Gasteiger partial charge in [0.1, 0.15) is 5.82 Å². The lowest BCUT2D eigenvalue weighted by Gasteiger charge is -2.16. The summed E-state index contributed by atoms with van der Waals surface area (Å²) in [5.41, 5.74) is 2.35. The smallest absolute Gasteiger partial charge is 0.124 e. The molecule has 0 bridgehead atoms. The number of nitrogens with one attached hydrogen (secondary N) is 1. The molecule has 0 radical (unpaired) electrons. The minimum absolute atomic E-state index is 0.188. The first-order valence-corrected chi connectivity index (χ1v) is 7.48. The van der Waals surface area contributed by atoms with E-state index in [1.807, 2.05) is 6.07 Å². The van der Waals surface area contributed by atoms with E-state index >= 15 is 0 Å². The Bertz CT molecular complexity index is 528. The number of benzene rings is 2. The van der Waals surface area contributed by atoms with E-state index in [2.05, 4.69) is 59.1 Å². The zero-order valence-electron chi connectivity index (χ0n) is 10.9. The lowest BCUT2D eigenvalue weighted by molar-refractivity contribution is 0.626. The van der Waals surface area contributed by atoms with E-state index in [0.29, 0.717) is 6.04 Å². The lowest BCUT2D eigenvalue weighted by atomic mass is 10.1. The fourth-order valence-electron chi connectivity index (χ4n) is 1.97. The number of anilines is 1. The third kappa shape index (κ3) is 4.49. The molecule has 19 heavy (non-hydrogen) atoms. The Balaban J connectivity index is 1.89. The molecule has 100 valence electrons. The van der Waals surface area contributed by atoms with Crippen molar-refractivity contribution in [2.75, 3.05) is 5.32 Å². The predicted molar refractivity (Wildman–Crippen MR) is 87.0 cm³/mol. The fourth-order valence-corrected chi connectivity index (χ4v) is 2.60. The molecule has 0 amide bonds. The van der Waals surface area contributed by atoms with Gasteiger partial charge in [-0.25, -0.2) is 4.39 Å². The molecule has 0 spiro atoms. The maximum Gasteiger partial charge on any atom is 0.124 e. The summed E-state index contributed by atoms with van der Waals surface area (Å²) < 4.78 is 13.9. The van der Waals surface area contributed by atoms with Crippen LogP contribution in [0.2, 0.25) is 0 Å². The third-order valence-corrected chi connectivity index (χ3v) is 3.93. The molecule has 0 aliphatic rings. The molecular weight excluding hydrogens is 352 g/mol. The van der Waals surface area contributed by atoms with E-state index in [1.165, 1.54) is 11.6 Å². The van der Waals surface area contributed by atoms with Crippen LogP contribution >= 0.6 is 22.6 Å². The number of hydrogen-bond donors (Lipinski definition) is 1. The highest BCUT2D eigenvalue weighted by Gasteiger charge is 2.06. The van der Waals surface area contributed by atoms with Crippen molar-refractivity contribution in [3.63, 3.8) is 0 Å². The Hall–Kier alpha value is -1.10. The molecular formula is C16H17FIN. The van der Waals surface area contributed by atoms with Gasteiger partial charge in [0.2, 0.25) is 0 Å². The zero-order valence-corrected chi connectivity index (χ0v) is 13.0. The molecule has 1 N–H and O–H groups in total. The zero-order chi connectivity index (χ0) is 13.7. The molecule has 0 aliphatic heterocycles. The second-order valence-electron chi connectivity index (χ2n) is 4.69. The van der Waals surface area contributed by atoms with Crippen molar-refractivity contribution in [1.29, 1.82) is 0 Å². The summed E-state index contributed by atoms with van der Waals surface area (Å²) in [4.78, 5) is 0. The molecule has 1 nitrogen and oxygen atoms in total. The Morgan fingerprint density at radius 3 is 2.58 bits per heavy atom. The Morgan fingerprint density at radius 2 is 1.89 bits per heavy atom. The van der Waals surface area contributed by atoms with Gasteiger partial charge in [-0.15, -0.1) is 0 Å². The standard InChI is InChI=1S/C16H17FIN/c1-12(7-8-13-5-3-2-4-6-13)19-16-10-9-14(17)11-15(16)18/h2-6,9-12,19H,7-8H2,1H3. The van der Waals surface area contributed by atoms with Crippen molar-refractivity contribution in [3.05, 3.63) is 63.5 Å². The number of rotatable bonds is 5. The summed E-state index contributed by atoms with van der Waals surface area (Å²) in [7, 11) is 0. The van der Waals surface area contributed by atoms with E-state index in [-0.39, 0.29) is 5.82 Å². The van der Waals surface area contributed by atoms with Crippen molar-refractivity contribution in [3.8, 4) is 0 Å². The molecule has 0 saturated carbocycles. The van der Waals surface area contributed by atoms with E-state index in [4.69, 9.17) is 0 Å². The van der Waals surface area contributed by atoms with E-state index in [9.17, 15) is 4.39 Å². The summed E-state index contributed by atoms with van der Waals surface area (Å²) in [5.74, 6) is -0.188. The van der Waals surface area contributed by atoms with Gasteiger partial charge in [-0.2, -0.15) is 0 Å². The normalized spacial score (nSPS) is 12.2. The Kier molecular flexibility index (Phi) is 5.19. The minimum Gasteiger partial charge on any atom is -0.382 e. The monoisotopic (exact) mass is 369 g/mol. The van der Waals surface area contributed by atoms with Crippen LogP contribution in [-0.4, -0.2) is 6.04 Å². The van der Waals surface area contributed by atoms with Crippen LogP contribution in [0.25, 0.3) is 0 Å². The molecule has 2 aromatic carbocycles. The molecule has 0 fully saturated rings. The quantitative estimate of drug-likeness (QED) is 0.742. The van der Waals surface area contributed by atoms with E-state index < -0.39 is 0 Å². The average Bonchev–Trinajstić information content (AvgIpc) is 2.41. The van der Waals surface area contributed by atoms with E-state index in [0.717, 1.165) is 22.1 Å². The van der Waals surface area contributed by atoms with Crippen molar-refractivity contribution in [2.24, 2.45) is 0 Å². The van der Waals surface area contributed by atoms with Crippen molar-refractivity contribution >= 4 is 28.3 Å². The third-order valence-electron chi connectivity index (χ3n) is 3.04. The molecule has 0 heterocycles. The van der Waals surface area contributed by atoms with Gasteiger partial charge >= 0.3 is 0 Å². The fraction of sp³-hybridized carbons (Fsp3) is 0.250. The van der Waals surface area contributed by atoms with Gasteiger partial charge in [-0.3, -0.25) is 0 Å². The van der Waals surface area contributed by atoms with Gasteiger partial charge in [0.25, 0.3) is 0 Å². The topological polar surface area (TPSA) is 12.0 Å². The van der Waals surface area contributed by atoms with Gasteiger partial charge in [-0.1, -0.05) is 30.3 Å². The largest absolute Gasteiger partial charge is 0.382 e. The van der Waals surface area contributed by atoms with Gasteiger partial charge in [0.05, 0.1) is 0 Å². The summed E-state index contributed by atoms with van der Waals surface area (Å²) in [6.07, 6.45) is 2.10. The van der Waals surface area contributed by atoms with Crippen LogP contribution in [0.3, 0.4) is 0 Å². The highest BCUT2D eigenvalue weighted by Crippen LogP contribution is 2.20. The molecule has 1 atom stereocenters. The second-order valence-corrected chi connectivity index (χ2v) is 5.86. The van der Waals surface area contributed by atoms with E-state index in [1.54, 1.807) is 12.1 Å². The highest BCUT2D eigenvalue weighted by atomic mass is 127. The molecule has 2 rings (SSSR count). The predicted octanol–water partition coefficient (Wildman–Crippen LogP) is 4.86. The lowest BCUT2D eigenvalue weighted by Crippen LogP contribution is -2.16. The Labute approximate surface area is 127 Å². The highest BCUT2D eigenvalue weighted by molar-refractivity contribution is 14.1. The number of halogens is 2. The van der Waals surface area contributed by atoms with Crippen LogP contribution in [0.5, 0.6) is 0 Å². The van der Waals surface area contributed by atoms with Crippen molar-refractivity contribution in [2.45, 2.75) is 25.8 Å². The second kappa shape index (κ2) is 6.89. The molecule has 3 heteroatoms. The summed E-state index contributed by atoms with van der Waals surface area (Å²) >= 11 is 2.16. The average molecular weight is 369 g/mol. The van der Waals surface area contributed by atoms with Gasteiger partial charge in [0.15, 0.2) is 0 Å². The molecule has 0 aromatic heterocycles. The van der Waals surface area contributed by atoms with Crippen LogP contribution in [0, 0.1) is 9.39 Å². The SMILES string of the molecule is CC(CCc1ccccc1)Nc1ccc(F)cc1I. The van der Waals surface area contributed by atoms with Crippen LogP contribution in [0.15, 0.2) is 48.5 Å². The molecule has 2 aromatic rings. The summed E-state index contributed by atoms with van der Waals surface area (Å²) in [5, 5.41) is 3.43. The van der Waals surface area contributed by atoms with Crippen LogP contribution in [0.1, 0.15) is 18.9 Å². The summed E-state index contributed by atoms with van der Waals surface area (Å²) in [6.45, 7) is 2.16. The number of aryl methyl sites for hydroxylation is 1. The molecule has 1 unspecified atom stereocenters. The minimum atomic E-state index is -0.188. The molecule has 0 aliphatic carbocycles. The maximum absolute atomic E-state index is 13.0. The first-order valence-electron chi connectivity index (χ1n) is 6.40. The first kappa shape index (κ1) is 14.3.